The van der Waals surface area contributed by atoms with Crippen LogP contribution in [0.25, 0.3) is 11.0 Å². The average Bonchev–Trinajstić information content (AvgIpc) is 2.65. The van der Waals surface area contributed by atoms with Crippen LogP contribution in [0.4, 0.5) is 0 Å². The van der Waals surface area contributed by atoms with Crippen molar-refractivity contribution >= 4 is 11.0 Å². The standard InChI is InChI=1S/C10H10N2O/c1-6-4-7-2-3-9-10(8(7)5-6)12-13-11-9/h2-3,6H,4-5H2,1H3. The van der Waals surface area contributed by atoms with E-state index in [9.17, 15) is 0 Å². The normalized spacial score (nSPS) is 20.8. The lowest BCUT2D eigenvalue weighted by atomic mass is 10.1. The second-order valence-corrected chi connectivity index (χ2v) is 3.85. The third kappa shape index (κ3) is 0.899. The molecule has 3 heteroatoms. The van der Waals surface area contributed by atoms with Crippen molar-refractivity contribution in [1.82, 2.24) is 10.3 Å². The summed E-state index contributed by atoms with van der Waals surface area (Å²) in [5.74, 6) is 0.734. The lowest BCUT2D eigenvalue weighted by Crippen LogP contribution is -1.89. The molecule has 1 heterocycles. The fraction of sp³-hybridized carbons (Fsp3) is 0.400. The van der Waals surface area contributed by atoms with Gasteiger partial charge in [0.25, 0.3) is 0 Å². The molecule has 0 amide bonds. The van der Waals surface area contributed by atoms with Gasteiger partial charge < -0.3 is 0 Å². The lowest BCUT2D eigenvalue weighted by Gasteiger charge is -1.95. The predicted molar refractivity (Wildman–Crippen MR) is 48.4 cm³/mol. The van der Waals surface area contributed by atoms with Crippen LogP contribution in [0.3, 0.4) is 0 Å². The Kier molecular flexibility index (Phi) is 1.26. The number of nitrogens with zero attached hydrogens (tertiary/aromatic N) is 2. The van der Waals surface area contributed by atoms with E-state index >= 15 is 0 Å². The van der Waals surface area contributed by atoms with Crippen molar-refractivity contribution in [2.45, 2.75) is 19.8 Å². The van der Waals surface area contributed by atoms with Crippen molar-refractivity contribution < 1.29 is 4.63 Å². The molecule has 1 aromatic heterocycles. The van der Waals surface area contributed by atoms with Gasteiger partial charge in [-0.15, -0.1) is 0 Å². The van der Waals surface area contributed by atoms with Gasteiger partial charge >= 0.3 is 0 Å². The van der Waals surface area contributed by atoms with Crippen molar-refractivity contribution in [3.8, 4) is 0 Å². The van der Waals surface area contributed by atoms with Crippen molar-refractivity contribution in [2.24, 2.45) is 5.92 Å². The molecule has 0 saturated carbocycles. The molecular formula is C10H10N2O. The van der Waals surface area contributed by atoms with Gasteiger partial charge in [0.15, 0.2) is 0 Å². The first-order valence-corrected chi connectivity index (χ1v) is 4.57. The van der Waals surface area contributed by atoms with Crippen LogP contribution < -0.4 is 0 Å². The fourth-order valence-electron chi connectivity index (χ4n) is 2.16. The summed E-state index contributed by atoms with van der Waals surface area (Å²) >= 11 is 0. The maximum atomic E-state index is 4.73. The van der Waals surface area contributed by atoms with Crippen LogP contribution in [0.5, 0.6) is 0 Å². The third-order valence-electron chi connectivity index (χ3n) is 2.75. The molecule has 1 atom stereocenters. The molecule has 13 heavy (non-hydrogen) atoms. The molecule has 3 nitrogen and oxygen atoms in total. The second-order valence-electron chi connectivity index (χ2n) is 3.85. The van der Waals surface area contributed by atoms with E-state index in [1.807, 2.05) is 6.07 Å². The first-order valence-electron chi connectivity index (χ1n) is 4.57. The first kappa shape index (κ1) is 7.06. The van der Waals surface area contributed by atoms with Crippen molar-refractivity contribution in [3.05, 3.63) is 23.3 Å². The summed E-state index contributed by atoms with van der Waals surface area (Å²) in [6.07, 6.45) is 2.28. The molecule has 0 spiro atoms. The van der Waals surface area contributed by atoms with E-state index < -0.39 is 0 Å². The van der Waals surface area contributed by atoms with E-state index in [1.54, 1.807) is 0 Å². The lowest BCUT2D eigenvalue weighted by molar-refractivity contribution is 0.315. The van der Waals surface area contributed by atoms with Gasteiger partial charge in [0.1, 0.15) is 11.0 Å². The summed E-state index contributed by atoms with van der Waals surface area (Å²) in [6.45, 7) is 2.26. The summed E-state index contributed by atoms with van der Waals surface area (Å²) in [5, 5.41) is 7.77. The molecule has 2 aromatic rings. The van der Waals surface area contributed by atoms with Gasteiger partial charge in [-0.1, -0.05) is 13.0 Å². The van der Waals surface area contributed by atoms with E-state index in [2.05, 4.69) is 23.3 Å². The Morgan fingerprint density at radius 1 is 1.31 bits per heavy atom. The molecule has 1 unspecified atom stereocenters. The van der Waals surface area contributed by atoms with Crippen molar-refractivity contribution in [3.63, 3.8) is 0 Å². The van der Waals surface area contributed by atoms with E-state index in [4.69, 9.17) is 4.63 Å². The van der Waals surface area contributed by atoms with Gasteiger partial charge in [0.05, 0.1) is 0 Å². The molecule has 0 radical (unpaired) electrons. The molecule has 66 valence electrons. The molecule has 1 aliphatic rings. The molecule has 0 fully saturated rings. The van der Waals surface area contributed by atoms with Crippen LogP contribution >= 0.6 is 0 Å². The molecule has 0 bridgehead atoms. The molecule has 1 aromatic carbocycles. The highest BCUT2D eigenvalue weighted by atomic mass is 16.6. The molecular weight excluding hydrogens is 164 g/mol. The Balaban J connectivity index is 2.34. The number of benzene rings is 1. The molecule has 0 aliphatic heterocycles. The largest absolute Gasteiger partial charge is 0.243 e. The van der Waals surface area contributed by atoms with Gasteiger partial charge in [0, 0.05) is 0 Å². The molecule has 3 rings (SSSR count). The van der Waals surface area contributed by atoms with Gasteiger partial charge in [-0.2, -0.15) is 0 Å². The summed E-state index contributed by atoms with van der Waals surface area (Å²) in [6, 6.07) is 4.13. The minimum absolute atomic E-state index is 0.734. The Morgan fingerprint density at radius 3 is 3.15 bits per heavy atom. The summed E-state index contributed by atoms with van der Waals surface area (Å²) in [4.78, 5) is 0. The number of rotatable bonds is 0. The van der Waals surface area contributed by atoms with E-state index in [0.717, 1.165) is 29.8 Å². The SMILES string of the molecule is CC1Cc2ccc3nonc3c2C1. The minimum Gasteiger partial charge on any atom is -0.243 e. The zero-order chi connectivity index (χ0) is 8.84. The van der Waals surface area contributed by atoms with Crippen LogP contribution in [0, 0.1) is 5.92 Å². The second kappa shape index (κ2) is 2.31. The van der Waals surface area contributed by atoms with Crippen LogP contribution in [-0.4, -0.2) is 10.3 Å². The summed E-state index contributed by atoms with van der Waals surface area (Å²) < 4.78 is 4.73. The van der Waals surface area contributed by atoms with E-state index in [-0.39, 0.29) is 0 Å². The van der Waals surface area contributed by atoms with E-state index in [1.165, 1.54) is 11.1 Å². The summed E-state index contributed by atoms with van der Waals surface area (Å²) in [7, 11) is 0. The predicted octanol–water partition coefficient (Wildman–Crippen LogP) is 1.96. The Hall–Kier alpha value is -1.38. The van der Waals surface area contributed by atoms with Crippen LogP contribution in [0.1, 0.15) is 18.1 Å². The molecule has 1 aliphatic carbocycles. The number of aromatic nitrogens is 2. The number of fused-ring (bicyclic) bond motifs is 3. The molecule has 0 N–H and O–H groups in total. The zero-order valence-electron chi connectivity index (χ0n) is 7.45. The quantitative estimate of drug-likeness (QED) is 0.612. The fourth-order valence-corrected chi connectivity index (χ4v) is 2.16. The monoisotopic (exact) mass is 174 g/mol. The van der Waals surface area contributed by atoms with E-state index in [0.29, 0.717) is 0 Å². The topological polar surface area (TPSA) is 38.9 Å². The molecule has 0 saturated heterocycles. The van der Waals surface area contributed by atoms with Crippen LogP contribution in [0.15, 0.2) is 16.8 Å². The Labute approximate surface area is 75.7 Å². The zero-order valence-corrected chi connectivity index (χ0v) is 7.45. The first-order chi connectivity index (χ1) is 6.34. The van der Waals surface area contributed by atoms with Crippen molar-refractivity contribution in [1.29, 1.82) is 0 Å². The minimum atomic E-state index is 0.734. The highest BCUT2D eigenvalue weighted by Crippen LogP contribution is 2.30. The number of hydrogen-bond donors (Lipinski definition) is 0. The maximum absolute atomic E-state index is 4.73. The van der Waals surface area contributed by atoms with Gasteiger partial charge in [-0.25, -0.2) is 4.63 Å². The highest BCUT2D eigenvalue weighted by molar-refractivity contribution is 5.79. The third-order valence-corrected chi connectivity index (χ3v) is 2.75. The van der Waals surface area contributed by atoms with Crippen molar-refractivity contribution in [2.75, 3.05) is 0 Å². The number of hydrogen-bond acceptors (Lipinski definition) is 3. The summed E-state index contributed by atoms with van der Waals surface area (Å²) in [5.41, 5.74) is 4.59. The van der Waals surface area contributed by atoms with Gasteiger partial charge in [0.2, 0.25) is 0 Å². The smallest absolute Gasteiger partial charge is 0.138 e. The van der Waals surface area contributed by atoms with Gasteiger partial charge in [-0.3, -0.25) is 0 Å². The van der Waals surface area contributed by atoms with Crippen LogP contribution in [-0.2, 0) is 12.8 Å². The van der Waals surface area contributed by atoms with Crippen LogP contribution in [0.2, 0.25) is 0 Å². The Bertz CT molecular complexity index is 461. The Morgan fingerprint density at radius 2 is 2.23 bits per heavy atom. The van der Waals surface area contributed by atoms with Gasteiger partial charge in [-0.05, 0) is 46.3 Å². The average molecular weight is 174 g/mol. The highest BCUT2D eigenvalue weighted by Gasteiger charge is 2.21. The maximum Gasteiger partial charge on any atom is 0.138 e.